The molecule has 4 rings (SSSR count). The van der Waals surface area contributed by atoms with Crippen LogP contribution in [0.1, 0.15) is 69.4 Å². The van der Waals surface area contributed by atoms with Crippen LogP contribution in [0.15, 0.2) is 60.7 Å². The number of nitrogens with zero attached hydrogens (tertiary/aromatic N) is 1. The number of ether oxygens (including phenoxy) is 1. The lowest BCUT2D eigenvalue weighted by molar-refractivity contribution is -0.142. The molecule has 0 spiro atoms. The highest BCUT2D eigenvalue weighted by Gasteiger charge is 2.38. The minimum absolute atomic E-state index is 0.0415. The number of amides is 3. The van der Waals surface area contributed by atoms with Crippen molar-refractivity contribution in [2.24, 2.45) is 17.6 Å². The first-order valence-electron chi connectivity index (χ1n) is 17.3. The maximum atomic E-state index is 13.8. The summed E-state index contributed by atoms with van der Waals surface area (Å²) in [5.41, 5.74) is 7.87. The molecule has 2 fully saturated rings. The van der Waals surface area contributed by atoms with Crippen LogP contribution in [0.5, 0.6) is 0 Å². The fourth-order valence-corrected chi connectivity index (χ4v) is 6.31. The SMILES string of the molecule is CC(C)C[C@@H](NC(=O)[C@@H](Cc1ccccc1)NC(=O)CNC1C[C@@H]1c1ccccc1)C(=O)C[C@H](CCCCN)C(=O)N1CCOCC1. The maximum Gasteiger partial charge on any atom is 0.243 e. The summed E-state index contributed by atoms with van der Waals surface area (Å²) in [5.74, 6) is -0.871. The molecule has 1 saturated carbocycles. The molecule has 0 radical (unpaired) electrons. The Morgan fingerprint density at radius 2 is 1.60 bits per heavy atom. The Morgan fingerprint density at radius 3 is 2.26 bits per heavy atom. The Kier molecular flexibility index (Phi) is 14.4. The standard InChI is InChI=1S/C37H53N5O5/c1-26(2)21-32(34(43)23-29(15-9-10-16-38)37(46)42-17-19-47-20-18-42)41-36(45)33(22-27-11-5-3-6-12-27)40-35(44)25-39-31-24-30(31)28-13-7-4-8-14-28/h3-8,11-14,26,29-33,39H,9-10,15-25,38H2,1-2H3,(H,40,44)(H,41,45)/t29-,30+,31?,32+,33+/m0/s1. The second-order valence-electron chi connectivity index (χ2n) is 13.3. The molecule has 2 aliphatic rings. The third kappa shape index (κ3) is 11.9. The smallest absolute Gasteiger partial charge is 0.243 e. The van der Waals surface area contributed by atoms with Gasteiger partial charge < -0.3 is 31.3 Å². The highest BCUT2D eigenvalue weighted by Crippen LogP contribution is 2.40. The molecule has 5 atom stereocenters. The van der Waals surface area contributed by atoms with Crippen LogP contribution in [-0.4, -0.2) is 85.9 Å². The third-order valence-corrected chi connectivity index (χ3v) is 9.02. The summed E-state index contributed by atoms with van der Waals surface area (Å²) in [6.45, 7) is 6.61. The van der Waals surface area contributed by atoms with E-state index < -0.39 is 23.9 Å². The topological polar surface area (TPSA) is 143 Å². The molecule has 2 aromatic carbocycles. The molecule has 1 unspecified atom stereocenters. The first kappa shape index (κ1) is 36.2. The van der Waals surface area contributed by atoms with Gasteiger partial charge in [0.1, 0.15) is 6.04 Å². The van der Waals surface area contributed by atoms with E-state index in [9.17, 15) is 19.2 Å². The zero-order chi connectivity index (χ0) is 33.6. The number of morpholine rings is 1. The second kappa shape index (κ2) is 18.7. The van der Waals surface area contributed by atoms with Crippen molar-refractivity contribution in [3.05, 3.63) is 71.8 Å². The zero-order valence-electron chi connectivity index (χ0n) is 28.0. The fourth-order valence-electron chi connectivity index (χ4n) is 6.31. The molecule has 10 nitrogen and oxygen atoms in total. The van der Waals surface area contributed by atoms with Crippen LogP contribution in [0.3, 0.4) is 0 Å². The van der Waals surface area contributed by atoms with Crippen molar-refractivity contribution >= 4 is 23.5 Å². The largest absolute Gasteiger partial charge is 0.378 e. The van der Waals surface area contributed by atoms with Crippen molar-refractivity contribution < 1.29 is 23.9 Å². The maximum absolute atomic E-state index is 13.8. The van der Waals surface area contributed by atoms with E-state index in [1.165, 1.54) is 5.56 Å². The molecule has 1 aliphatic heterocycles. The normalized spacial score (nSPS) is 19.4. The van der Waals surface area contributed by atoms with Gasteiger partial charge in [0.2, 0.25) is 17.7 Å². The summed E-state index contributed by atoms with van der Waals surface area (Å²) in [7, 11) is 0. The minimum Gasteiger partial charge on any atom is -0.378 e. The van der Waals surface area contributed by atoms with E-state index in [2.05, 4.69) is 28.1 Å². The van der Waals surface area contributed by atoms with Crippen molar-refractivity contribution in [1.82, 2.24) is 20.9 Å². The van der Waals surface area contributed by atoms with Gasteiger partial charge in [0.15, 0.2) is 5.78 Å². The van der Waals surface area contributed by atoms with E-state index in [1.807, 2.05) is 62.4 Å². The Bertz CT molecular complexity index is 1280. The van der Waals surface area contributed by atoms with Crippen molar-refractivity contribution in [2.75, 3.05) is 39.4 Å². The molecule has 0 bridgehead atoms. The van der Waals surface area contributed by atoms with Crippen LogP contribution in [0.2, 0.25) is 0 Å². The number of unbranched alkanes of at least 4 members (excludes halogenated alkanes) is 1. The number of carbonyl (C=O) groups excluding carboxylic acids is 4. The number of hydrogen-bond donors (Lipinski definition) is 4. The molecule has 3 amide bonds. The van der Waals surface area contributed by atoms with E-state index in [0.717, 1.165) is 24.8 Å². The van der Waals surface area contributed by atoms with Gasteiger partial charge in [0, 0.05) is 43.8 Å². The molecule has 1 saturated heterocycles. The van der Waals surface area contributed by atoms with Gasteiger partial charge in [0.05, 0.1) is 25.8 Å². The molecule has 1 heterocycles. The van der Waals surface area contributed by atoms with Gasteiger partial charge in [-0.25, -0.2) is 0 Å². The molecule has 10 heteroatoms. The molecule has 0 aromatic heterocycles. The minimum atomic E-state index is -0.867. The fraction of sp³-hybridized carbons (Fsp3) is 0.568. The molecule has 47 heavy (non-hydrogen) atoms. The highest BCUT2D eigenvalue weighted by atomic mass is 16.5. The zero-order valence-corrected chi connectivity index (χ0v) is 28.0. The number of carbonyl (C=O) groups is 4. The van der Waals surface area contributed by atoms with E-state index in [0.29, 0.717) is 51.6 Å². The summed E-state index contributed by atoms with van der Waals surface area (Å²) in [5, 5.41) is 9.24. The number of Topliss-reactive ketones (excluding diaryl/α,β-unsaturated/α-hetero) is 1. The second-order valence-corrected chi connectivity index (χ2v) is 13.3. The van der Waals surface area contributed by atoms with Gasteiger partial charge >= 0.3 is 0 Å². The summed E-state index contributed by atoms with van der Waals surface area (Å²) >= 11 is 0. The quantitative estimate of drug-likeness (QED) is 0.172. The average molecular weight is 648 g/mol. The number of hydrogen-bond acceptors (Lipinski definition) is 7. The number of benzene rings is 2. The van der Waals surface area contributed by atoms with Gasteiger partial charge in [-0.05, 0) is 49.3 Å². The Morgan fingerprint density at radius 1 is 0.915 bits per heavy atom. The van der Waals surface area contributed by atoms with Crippen molar-refractivity contribution in [1.29, 1.82) is 0 Å². The number of ketones is 1. The molecule has 2 aromatic rings. The molecule has 1 aliphatic carbocycles. The van der Waals surface area contributed by atoms with Gasteiger partial charge in [-0.1, -0.05) is 80.9 Å². The Labute approximate surface area is 279 Å². The monoisotopic (exact) mass is 647 g/mol. The number of nitrogens with one attached hydrogen (secondary N) is 3. The number of rotatable bonds is 19. The van der Waals surface area contributed by atoms with Gasteiger partial charge in [-0.15, -0.1) is 0 Å². The predicted octanol–water partition coefficient (Wildman–Crippen LogP) is 2.95. The Hall–Kier alpha value is -3.60. The Balaban J connectivity index is 1.41. The average Bonchev–Trinajstić information content (AvgIpc) is 3.87. The van der Waals surface area contributed by atoms with Crippen molar-refractivity contribution in [3.63, 3.8) is 0 Å². The first-order valence-corrected chi connectivity index (χ1v) is 17.3. The lowest BCUT2D eigenvalue weighted by atomic mass is 9.89. The van der Waals surface area contributed by atoms with Crippen molar-refractivity contribution in [2.45, 2.75) is 82.8 Å². The third-order valence-electron chi connectivity index (χ3n) is 9.02. The lowest BCUT2D eigenvalue weighted by Gasteiger charge is -2.31. The van der Waals surface area contributed by atoms with E-state index in [-0.39, 0.29) is 48.9 Å². The van der Waals surface area contributed by atoms with Crippen LogP contribution in [0.25, 0.3) is 0 Å². The van der Waals surface area contributed by atoms with E-state index >= 15 is 0 Å². The first-order chi connectivity index (χ1) is 22.7. The van der Waals surface area contributed by atoms with Crippen molar-refractivity contribution in [3.8, 4) is 0 Å². The summed E-state index contributed by atoms with van der Waals surface area (Å²) in [6.07, 6.45) is 3.81. The number of nitrogens with two attached hydrogens (primary N) is 1. The van der Waals surface area contributed by atoms with Crippen LogP contribution in [0, 0.1) is 11.8 Å². The van der Waals surface area contributed by atoms with E-state index in [1.54, 1.807) is 4.90 Å². The molecule has 256 valence electrons. The predicted molar refractivity (Wildman–Crippen MR) is 182 cm³/mol. The lowest BCUT2D eigenvalue weighted by Crippen LogP contribution is -2.54. The van der Waals surface area contributed by atoms with Gasteiger partial charge in [0.25, 0.3) is 0 Å². The van der Waals surface area contributed by atoms with Crippen LogP contribution in [-0.2, 0) is 30.3 Å². The molecule has 5 N–H and O–H groups in total. The van der Waals surface area contributed by atoms with Gasteiger partial charge in [-0.2, -0.15) is 0 Å². The molecular weight excluding hydrogens is 594 g/mol. The summed E-state index contributed by atoms with van der Waals surface area (Å²) < 4.78 is 5.42. The highest BCUT2D eigenvalue weighted by molar-refractivity contribution is 5.95. The van der Waals surface area contributed by atoms with E-state index in [4.69, 9.17) is 10.5 Å². The molecular formula is C37H53N5O5. The van der Waals surface area contributed by atoms with Crippen LogP contribution >= 0.6 is 0 Å². The summed E-state index contributed by atoms with van der Waals surface area (Å²) in [4.78, 5) is 56.1. The van der Waals surface area contributed by atoms with Crippen LogP contribution in [0.4, 0.5) is 0 Å². The summed E-state index contributed by atoms with van der Waals surface area (Å²) in [6, 6.07) is 18.3. The van der Waals surface area contributed by atoms with Crippen LogP contribution < -0.4 is 21.7 Å². The van der Waals surface area contributed by atoms with Gasteiger partial charge in [-0.3, -0.25) is 19.2 Å².